The molecule has 0 N–H and O–H groups in total. The highest BCUT2D eigenvalue weighted by Crippen LogP contribution is 2.06. The predicted molar refractivity (Wildman–Crippen MR) is 51.7 cm³/mol. The Balaban J connectivity index is 3.14. The van der Waals surface area contributed by atoms with E-state index in [4.69, 9.17) is 0 Å². The number of hydrogen-bond donors (Lipinski definition) is 0. The lowest BCUT2D eigenvalue weighted by Crippen LogP contribution is -2.00. The highest BCUT2D eigenvalue weighted by atomic mass is 16.5. The van der Waals surface area contributed by atoms with Gasteiger partial charge in [0.15, 0.2) is 0 Å². The fraction of sp³-hybridized carbons (Fsp3) is 0.800. The van der Waals surface area contributed by atoms with Crippen LogP contribution in [0.1, 0.15) is 38.5 Å². The topological polar surface area (TPSA) is 52.6 Å². The van der Waals surface area contributed by atoms with Gasteiger partial charge in [0.05, 0.1) is 14.2 Å². The highest BCUT2D eigenvalue weighted by molar-refractivity contribution is 5.69. The van der Waals surface area contributed by atoms with E-state index in [-0.39, 0.29) is 11.9 Å². The number of hydrogen-bond acceptors (Lipinski definition) is 4. The molecule has 0 bridgehead atoms. The summed E-state index contributed by atoms with van der Waals surface area (Å²) < 4.78 is 9.00. The SMILES string of the molecule is COC(=O)CCCCCCC(=O)OC. The number of carbonyl (C=O) groups excluding carboxylic acids is 2. The van der Waals surface area contributed by atoms with Crippen molar-refractivity contribution in [2.24, 2.45) is 0 Å². The fourth-order valence-electron chi connectivity index (χ4n) is 1.10. The summed E-state index contributed by atoms with van der Waals surface area (Å²) in [5, 5.41) is 0. The number of esters is 2. The number of unbranched alkanes of at least 4 members (excludes halogenated alkanes) is 3. The first kappa shape index (κ1) is 12.9. The molecule has 0 heterocycles. The Bertz CT molecular complexity index is 157. The summed E-state index contributed by atoms with van der Waals surface area (Å²) in [6.45, 7) is 0. The average molecular weight is 202 g/mol. The standard InChI is InChI=1S/C10H18O4/c1-13-9(11)7-5-3-4-6-8-10(12)14-2/h3-8H2,1-2H3. The molecule has 82 valence electrons. The Morgan fingerprint density at radius 2 is 1.14 bits per heavy atom. The van der Waals surface area contributed by atoms with Crippen LogP contribution in [0.4, 0.5) is 0 Å². The van der Waals surface area contributed by atoms with Crippen LogP contribution in [0.3, 0.4) is 0 Å². The van der Waals surface area contributed by atoms with Crippen LogP contribution in [0.15, 0.2) is 0 Å². The van der Waals surface area contributed by atoms with Gasteiger partial charge in [0.2, 0.25) is 0 Å². The molecule has 0 unspecified atom stereocenters. The molecule has 4 heteroatoms. The number of ether oxygens (including phenoxy) is 2. The maximum absolute atomic E-state index is 10.7. The van der Waals surface area contributed by atoms with Gasteiger partial charge >= 0.3 is 11.9 Å². The van der Waals surface area contributed by atoms with Crippen molar-refractivity contribution in [3.05, 3.63) is 0 Å². The van der Waals surface area contributed by atoms with Crippen molar-refractivity contribution < 1.29 is 19.1 Å². The molecule has 0 spiro atoms. The van der Waals surface area contributed by atoms with Gasteiger partial charge in [-0.05, 0) is 12.8 Å². The van der Waals surface area contributed by atoms with Crippen molar-refractivity contribution >= 4 is 11.9 Å². The van der Waals surface area contributed by atoms with Crippen LogP contribution in [-0.2, 0) is 19.1 Å². The van der Waals surface area contributed by atoms with E-state index in [1.165, 1.54) is 14.2 Å². The molecular weight excluding hydrogens is 184 g/mol. The largest absolute Gasteiger partial charge is 0.469 e. The molecule has 0 fully saturated rings. The van der Waals surface area contributed by atoms with E-state index in [1.807, 2.05) is 0 Å². The second kappa shape index (κ2) is 8.53. The van der Waals surface area contributed by atoms with Crippen molar-refractivity contribution in [2.45, 2.75) is 38.5 Å². The summed E-state index contributed by atoms with van der Waals surface area (Å²) in [7, 11) is 2.78. The summed E-state index contributed by atoms with van der Waals surface area (Å²) in [5.41, 5.74) is 0. The maximum atomic E-state index is 10.7. The van der Waals surface area contributed by atoms with Crippen LogP contribution in [0.25, 0.3) is 0 Å². The Hall–Kier alpha value is -1.06. The molecule has 0 rings (SSSR count). The highest BCUT2D eigenvalue weighted by Gasteiger charge is 2.01. The lowest BCUT2D eigenvalue weighted by molar-refractivity contribution is -0.141. The third kappa shape index (κ3) is 7.58. The van der Waals surface area contributed by atoms with E-state index >= 15 is 0 Å². The third-order valence-electron chi connectivity index (χ3n) is 1.97. The monoisotopic (exact) mass is 202 g/mol. The van der Waals surface area contributed by atoms with Crippen LogP contribution < -0.4 is 0 Å². The van der Waals surface area contributed by atoms with Gasteiger partial charge in [0, 0.05) is 12.8 Å². The van der Waals surface area contributed by atoms with E-state index in [1.54, 1.807) is 0 Å². The minimum atomic E-state index is -0.169. The van der Waals surface area contributed by atoms with Crippen molar-refractivity contribution in [3.63, 3.8) is 0 Å². The number of rotatable bonds is 7. The van der Waals surface area contributed by atoms with Crippen molar-refractivity contribution in [1.29, 1.82) is 0 Å². The van der Waals surface area contributed by atoms with Gasteiger partial charge in [0.1, 0.15) is 0 Å². The van der Waals surface area contributed by atoms with Gasteiger partial charge in [-0.2, -0.15) is 0 Å². The van der Waals surface area contributed by atoms with Gasteiger partial charge in [-0.15, -0.1) is 0 Å². The average Bonchev–Trinajstić information content (AvgIpc) is 2.22. The second-order valence-electron chi connectivity index (χ2n) is 3.07. The van der Waals surface area contributed by atoms with Crippen LogP contribution in [0.2, 0.25) is 0 Å². The molecule has 0 aliphatic rings. The first-order chi connectivity index (χ1) is 6.70. The molecule has 4 nitrogen and oxygen atoms in total. The summed E-state index contributed by atoms with van der Waals surface area (Å²) in [6.07, 6.45) is 4.49. The summed E-state index contributed by atoms with van der Waals surface area (Å²) in [4.78, 5) is 21.4. The first-order valence-corrected chi connectivity index (χ1v) is 4.84. The van der Waals surface area contributed by atoms with Gasteiger partial charge in [-0.25, -0.2) is 0 Å². The van der Waals surface area contributed by atoms with Crippen molar-refractivity contribution in [1.82, 2.24) is 0 Å². The Morgan fingerprint density at radius 1 is 0.786 bits per heavy atom. The Kier molecular flexibility index (Phi) is 7.89. The Morgan fingerprint density at radius 3 is 1.43 bits per heavy atom. The van der Waals surface area contributed by atoms with Gasteiger partial charge < -0.3 is 9.47 Å². The van der Waals surface area contributed by atoms with E-state index in [9.17, 15) is 9.59 Å². The molecule has 14 heavy (non-hydrogen) atoms. The molecule has 0 saturated heterocycles. The molecule has 0 saturated carbocycles. The molecule has 0 aliphatic carbocycles. The normalized spacial score (nSPS) is 9.57. The van der Waals surface area contributed by atoms with Crippen LogP contribution in [0, 0.1) is 0 Å². The van der Waals surface area contributed by atoms with Crippen molar-refractivity contribution in [2.75, 3.05) is 14.2 Å². The van der Waals surface area contributed by atoms with Crippen LogP contribution in [0.5, 0.6) is 0 Å². The van der Waals surface area contributed by atoms with Crippen LogP contribution >= 0.6 is 0 Å². The number of carbonyl (C=O) groups is 2. The van der Waals surface area contributed by atoms with Gasteiger partial charge in [-0.1, -0.05) is 12.8 Å². The van der Waals surface area contributed by atoms with E-state index < -0.39 is 0 Å². The molecule has 0 radical (unpaired) electrons. The van der Waals surface area contributed by atoms with Crippen molar-refractivity contribution in [3.8, 4) is 0 Å². The van der Waals surface area contributed by atoms with E-state index in [0.717, 1.165) is 25.7 Å². The molecule has 0 aromatic heterocycles. The molecule has 0 amide bonds. The second-order valence-corrected chi connectivity index (χ2v) is 3.07. The lowest BCUT2D eigenvalue weighted by atomic mass is 10.1. The predicted octanol–water partition coefficient (Wildman–Crippen LogP) is 1.67. The summed E-state index contributed by atoms with van der Waals surface area (Å²) in [6, 6.07) is 0. The molecule has 0 aromatic carbocycles. The van der Waals surface area contributed by atoms with Gasteiger partial charge in [-0.3, -0.25) is 9.59 Å². The molecule has 0 atom stereocenters. The minimum absolute atomic E-state index is 0.169. The van der Waals surface area contributed by atoms with Gasteiger partial charge in [0.25, 0.3) is 0 Å². The fourth-order valence-corrected chi connectivity index (χ4v) is 1.10. The van der Waals surface area contributed by atoms with E-state index in [0.29, 0.717) is 12.8 Å². The summed E-state index contributed by atoms with van der Waals surface area (Å²) >= 11 is 0. The third-order valence-corrected chi connectivity index (χ3v) is 1.97. The zero-order chi connectivity index (χ0) is 10.8. The minimum Gasteiger partial charge on any atom is -0.469 e. The quantitative estimate of drug-likeness (QED) is 0.465. The smallest absolute Gasteiger partial charge is 0.305 e. The van der Waals surface area contributed by atoms with E-state index in [2.05, 4.69) is 9.47 Å². The molecule has 0 aliphatic heterocycles. The molecule has 0 aromatic rings. The lowest BCUT2D eigenvalue weighted by Gasteiger charge is -2.00. The zero-order valence-corrected chi connectivity index (χ0v) is 8.88. The first-order valence-electron chi connectivity index (χ1n) is 4.84. The molecular formula is C10H18O4. The Labute approximate surface area is 84.6 Å². The van der Waals surface area contributed by atoms with Crippen LogP contribution in [-0.4, -0.2) is 26.2 Å². The zero-order valence-electron chi connectivity index (χ0n) is 8.88. The summed E-state index contributed by atoms with van der Waals surface area (Å²) in [5.74, 6) is -0.337. The number of methoxy groups -OCH3 is 2. The maximum Gasteiger partial charge on any atom is 0.305 e.